The summed E-state index contributed by atoms with van der Waals surface area (Å²) in [7, 11) is 0. The van der Waals surface area contributed by atoms with Crippen LogP contribution < -0.4 is 5.73 Å². The molecule has 13 heavy (non-hydrogen) atoms. The summed E-state index contributed by atoms with van der Waals surface area (Å²) in [5, 5.41) is 17.6. The minimum absolute atomic E-state index is 0.0964. The van der Waals surface area contributed by atoms with Gasteiger partial charge in [-0.1, -0.05) is 6.07 Å². The number of nitriles is 1. The van der Waals surface area contributed by atoms with Crippen LogP contribution >= 0.6 is 0 Å². The first kappa shape index (κ1) is 9.49. The van der Waals surface area contributed by atoms with E-state index in [9.17, 15) is 9.50 Å². The van der Waals surface area contributed by atoms with Crippen LogP contribution in [-0.4, -0.2) is 5.11 Å². The number of rotatable bonds is 2. The molecule has 0 radical (unpaired) electrons. The summed E-state index contributed by atoms with van der Waals surface area (Å²) in [5.74, 6) is -0.729. The number of benzene rings is 1. The topological polar surface area (TPSA) is 70.0 Å². The smallest absolute Gasteiger partial charge is 0.126 e. The number of phenols is 1. The molecule has 0 bridgehead atoms. The molecule has 0 aliphatic carbocycles. The Kier molecular flexibility index (Phi) is 2.83. The summed E-state index contributed by atoms with van der Waals surface area (Å²) in [5.41, 5.74) is 5.94. The molecule has 0 heterocycles. The fourth-order valence-corrected chi connectivity index (χ4v) is 1.04. The van der Waals surface area contributed by atoms with Crippen molar-refractivity contribution in [2.24, 2.45) is 5.73 Å². The number of phenolic OH excluding ortho intramolecular Hbond substituents is 1. The summed E-state index contributed by atoms with van der Waals surface area (Å²) in [6.45, 7) is 0. The van der Waals surface area contributed by atoms with Gasteiger partial charge >= 0.3 is 0 Å². The van der Waals surface area contributed by atoms with Crippen molar-refractivity contribution in [3.63, 3.8) is 0 Å². The van der Waals surface area contributed by atoms with Gasteiger partial charge in [-0.15, -0.1) is 0 Å². The van der Waals surface area contributed by atoms with Crippen molar-refractivity contribution in [3.8, 4) is 11.8 Å². The van der Waals surface area contributed by atoms with E-state index in [1.807, 2.05) is 6.07 Å². The van der Waals surface area contributed by atoms with Gasteiger partial charge in [0, 0.05) is 17.7 Å². The average molecular weight is 180 g/mol. The van der Waals surface area contributed by atoms with Crippen LogP contribution in [-0.2, 0) is 0 Å². The second kappa shape index (κ2) is 3.87. The van der Waals surface area contributed by atoms with Crippen molar-refractivity contribution >= 4 is 0 Å². The van der Waals surface area contributed by atoms with Gasteiger partial charge in [-0.3, -0.25) is 0 Å². The van der Waals surface area contributed by atoms with E-state index < -0.39 is 11.9 Å². The Morgan fingerprint density at radius 1 is 1.62 bits per heavy atom. The molecule has 1 aromatic rings. The van der Waals surface area contributed by atoms with Crippen molar-refractivity contribution in [1.82, 2.24) is 0 Å². The molecule has 1 atom stereocenters. The third-order valence-corrected chi connectivity index (χ3v) is 1.70. The Hall–Kier alpha value is -1.60. The zero-order valence-corrected chi connectivity index (χ0v) is 6.87. The lowest BCUT2D eigenvalue weighted by molar-refractivity contribution is 0.456. The Balaban J connectivity index is 2.96. The molecule has 0 saturated carbocycles. The molecular weight excluding hydrogens is 171 g/mol. The quantitative estimate of drug-likeness (QED) is 0.723. The Morgan fingerprint density at radius 3 is 2.85 bits per heavy atom. The molecule has 68 valence electrons. The van der Waals surface area contributed by atoms with E-state index in [0.717, 1.165) is 6.07 Å². The third-order valence-electron chi connectivity index (χ3n) is 1.70. The molecule has 0 aromatic heterocycles. The van der Waals surface area contributed by atoms with E-state index in [0.29, 0.717) is 5.56 Å². The molecule has 1 rings (SSSR count). The predicted octanol–water partition coefficient (Wildman–Crippen LogP) is 1.44. The average Bonchev–Trinajstić information content (AvgIpc) is 2.04. The standard InChI is InChI=1S/C9H9FN2O/c10-6-1-2-7(9(13)5-6)8(12)3-4-11/h1-2,5,8,13H,3,12H2/t8-/m1/s1. The summed E-state index contributed by atoms with van der Waals surface area (Å²) < 4.78 is 12.5. The monoisotopic (exact) mass is 180 g/mol. The van der Waals surface area contributed by atoms with Crippen LogP contribution in [0, 0.1) is 17.1 Å². The van der Waals surface area contributed by atoms with E-state index in [-0.39, 0.29) is 12.2 Å². The van der Waals surface area contributed by atoms with Crippen molar-refractivity contribution < 1.29 is 9.50 Å². The van der Waals surface area contributed by atoms with Gasteiger partial charge in [0.05, 0.1) is 12.5 Å². The number of nitrogens with zero attached hydrogens (tertiary/aromatic N) is 1. The lowest BCUT2D eigenvalue weighted by atomic mass is 10.0. The van der Waals surface area contributed by atoms with Crippen LogP contribution in [0.5, 0.6) is 5.75 Å². The lowest BCUT2D eigenvalue weighted by Gasteiger charge is -2.09. The summed E-state index contributed by atoms with van der Waals surface area (Å²) >= 11 is 0. The first-order chi connectivity index (χ1) is 6.15. The van der Waals surface area contributed by atoms with Gasteiger partial charge in [-0.05, 0) is 6.07 Å². The number of hydrogen-bond donors (Lipinski definition) is 2. The van der Waals surface area contributed by atoms with Gasteiger partial charge in [-0.2, -0.15) is 5.26 Å². The largest absolute Gasteiger partial charge is 0.508 e. The van der Waals surface area contributed by atoms with Crippen LogP contribution in [0.15, 0.2) is 18.2 Å². The van der Waals surface area contributed by atoms with E-state index in [4.69, 9.17) is 11.0 Å². The predicted molar refractivity (Wildman–Crippen MR) is 45.2 cm³/mol. The van der Waals surface area contributed by atoms with Crippen LogP contribution in [0.4, 0.5) is 4.39 Å². The molecule has 0 unspecified atom stereocenters. The maximum absolute atomic E-state index is 12.5. The van der Waals surface area contributed by atoms with Crippen LogP contribution in [0.3, 0.4) is 0 Å². The maximum atomic E-state index is 12.5. The summed E-state index contributed by atoms with van der Waals surface area (Å²) in [6, 6.07) is 4.87. The second-order valence-corrected chi connectivity index (χ2v) is 2.67. The highest BCUT2D eigenvalue weighted by molar-refractivity contribution is 5.35. The van der Waals surface area contributed by atoms with Crippen molar-refractivity contribution in [2.45, 2.75) is 12.5 Å². The first-order valence-electron chi connectivity index (χ1n) is 3.76. The Morgan fingerprint density at radius 2 is 2.31 bits per heavy atom. The molecule has 3 nitrogen and oxygen atoms in total. The highest BCUT2D eigenvalue weighted by Gasteiger charge is 2.10. The lowest BCUT2D eigenvalue weighted by Crippen LogP contribution is -2.09. The second-order valence-electron chi connectivity index (χ2n) is 2.67. The number of halogens is 1. The zero-order valence-electron chi connectivity index (χ0n) is 6.87. The molecule has 0 spiro atoms. The molecule has 0 aliphatic rings. The van der Waals surface area contributed by atoms with Gasteiger partial charge in [0.25, 0.3) is 0 Å². The molecule has 0 fully saturated rings. The van der Waals surface area contributed by atoms with Gasteiger partial charge in [-0.25, -0.2) is 4.39 Å². The Labute approximate surface area is 75.2 Å². The highest BCUT2D eigenvalue weighted by Crippen LogP contribution is 2.24. The minimum atomic E-state index is -0.564. The number of nitrogens with two attached hydrogens (primary N) is 1. The van der Waals surface area contributed by atoms with Crippen molar-refractivity contribution in [1.29, 1.82) is 5.26 Å². The number of hydrogen-bond acceptors (Lipinski definition) is 3. The molecule has 0 amide bonds. The highest BCUT2D eigenvalue weighted by atomic mass is 19.1. The molecule has 0 aliphatic heterocycles. The molecule has 0 saturated heterocycles. The fourth-order valence-electron chi connectivity index (χ4n) is 1.04. The van der Waals surface area contributed by atoms with Crippen LogP contribution in [0.1, 0.15) is 18.0 Å². The normalized spacial score (nSPS) is 12.1. The first-order valence-corrected chi connectivity index (χ1v) is 3.76. The van der Waals surface area contributed by atoms with Gasteiger partial charge in [0.2, 0.25) is 0 Å². The fraction of sp³-hybridized carbons (Fsp3) is 0.222. The zero-order chi connectivity index (χ0) is 9.84. The third kappa shape index (κ3) is 2.17. The minimum Gasteiger partial charge on any atom is -0.508 e. The molecule has 4 heteroatoms. The van der Waals surface area contributed by atoms with Crippen LogP contribution in [0.2, 0.25) is 0 Å². The Bertz CT molecular complexity index is 346. The van der Waals surface area contributed by atoms with Crippen molar-refractivity contribution in [3.05, 3.63) is 29.6 Å². The van der Waals surface area contributed by atoms with E-state index in [1.54, 1.807) is 0 Å². The van der Waals surface area contributed by atoms with Crippen LogP contribution in [0.25, 0.3) is 0 Å². The summed E-state index contributed by atoms with van der Waals surface area (Å²) in [6.07, 6.45) is 0.0964. The summed E-state index contributed by atoms with van der Waals surface area (Å²) in [4.78, 5) is 0. The van der Waals surface area contributed by atoms with E-state index in [2.05, 4.69) is 0 Å². The number of aromatic hydroxyl groups is 1. The molecule has 1 aromatic carbocycles. The SMILES string of the molecule is N#CC[C@@H](N)c1ccc(F)cc1O. The van der Waals surface area contributed by atoms with E-state index >= 15 is 0 Å². The van der Waals surface area contributed by atoms with Gasteiger partial charge in [0.1, 0.15) is 11.6 Å². The molecular formula is C9H9FN2O. The van der Waals surface area contributed by atoms with Gasteiger partial charge < -0.3 is 10.8 Å². The maximum Gasteiger partial charge on any atom is 0.126 e. The molecule has 3 N–H and O–H groups in total. The van der Waals surface area contributed by atoms with Gasteiger partial charge in [0.15, 0.2) is 0 Å². The van der Waals surface area contributed by atoms with E-state index in [1.165, 1.54) is 12.1 Å². The van der Waals surface area contributed by atoms with Crippen molar-refractivity contribution in [2.75, 3.05) is 0 Å².